The average molecular weight is 353 g/mol. The van der Waals surface area contributed by atoms with Crippen LogP contribution in [0.15, 0.2) is 36.7 Å². The molecule has 0 bridgehead atoms. The molecule has 0 radical (unpaired) electrons. The van der Waals surface area contributed by atoms with E-state index in [9.17, 15) is 5.11 Å². The highest BCUT2D eigenvalue weighted by Crippen LogP contribution is 2.31. The van der Waals surface area contributed by atoms with E-state index in [2.05, 4.69) is 65.4 Å². The van der Waals surface area contributed by atoms with Crippen molar-refractivity contribution < 1.29 is 5.11 Å². The van der Waals surface area contributed by atoms with Gasteiger partial charge >= 0.3 is 0 Å². The van der Waals surface area contributed by atoms with Gasteiger partial charge in [-0.25, -0.2) is 4.98 Å². The van der Waals surface area contributed by atoms with Gasteiger partial charge in [-0.2, -0.15) is 14.6 Å². The second-order valence-electron chi connectivity index (χ2n) is 8.36. The van der Waals surface area contributed by atoms with Crippen LogP contribution < -0.4 is 5.32 Å². The Hall–Kier alpha value is -2.47. The Kier molecular flexibility index (Phi) is 4.48. The number of aliphatic hydroxyl groups is 1. The molecule has 138 valence electrons. The van der Waals surface area contributed by atoms with Crippen molar-refractivity contribution in [1.82, 2.24) is 19.6 Å². The van der Waals surface area contributed by atoms with Crippen molar-refractivity contribution in [2.45, 2.75) is 58.6 Å². The number of hydrogen-bond acceptors (Lipinski definition) is 5. The Labute approximate surface area is 154 Å². The zero-order valence-electron chi connectivity index (χ0n) is 16.3. The van der Waals surface area contributed by atoms with Gasteiger partial charge < -0.3 is 10.4 Å². The fraction of sp³-hybridized carbons (Fsp3) is 0.450. The minimum Gasteiger partial charge on any atom is -0.388 e. The largest absolute Gasteiger partial charge is 0.388 e. The summed E-state index contributed by atoms with van der Waals surface area (Å²) in [5.41, 5.74) is 2.21. The van der Waals surface area contributed by atoms with Gasteiger partial charge in [0.1, 0.15) is 12.1 Å². The summed E-state index contributed by atoms with van der Waals surface area (Å²) in [5, 5.41) is 18.5. The summed E-state index contributed by atoms with van der Waals surface area (Å²) in [6, 6.07) is 9.98. The van der Waals surface area contributed by atoms with Crippen LogP contribution in [0.1, 0.15) is 57.5 Å². The highest BCUT2D eigenvalue weighted by Gasteiger charge is 2.29. The molecule has 3 rings (SSSR count). The standard InChI is InChI=1S/C20H27N5O/c1-13-11-16(25-18(23-13)21-12-22-25)24-17(20(5,6)26)14-7-9-15(10-8-14)19(2,3)4/h7-12,17,24,26H,1-6H3/t17-/m0/s1. The molecule has 1 atom stereocenters. The summed E-state index contributed by atoms with van der Waals surface area (Å²) in [7, 11) is 0. The summed E-state index contributed by atoms with van der Waals surface area (Å²) in [6.45, 7) is 12.1. The lowest BCUT2D eigenvalue weighted by Crippen LogP contribution is -2.35. The van der Waals surface area contributed by atoms with Gasteiger partial charge in [-0.1, -0.05) is 45.0 Å². The molecule has 26 heavy (non-hydrogen) atoms. The molecule has 0 spiro atoms. The molecule has 0 fully saturated rings. The number of benzene rings is 1. The average Bonchev–Trinajstić information content (AvgIpc) is 2.99. The van der Waals surface area contributed by atoms with E-state index in [0.717, 1.165) is 17.1 Å². The number of fused-ring (bicyclic) bond motifs is 1. The monoisotopic (exact) mass is 353 g/mol. The van der Waals surface area contributed by atoms with E-state index in [1.165, 1.54) is 11.9 Å². The molecule has 0 amide bonds. The molecule has 2 N–H and O–H groups in total. The van der Waals surface area contributed by atoms with Gasteiger partial charge in [-0.15, -0.1) is 0 Å². The maximum Gasteiger partial charge on any atom is 0.254 e. The minimum absolute atomic E-state index is 0.0886. The van der Waals surface area contributed by atoms with Gasteiger partial charge in [0, 0.05) is 11.8 Å². The number of aromatic nitrogens is 4. The number of hydrogen-bond donors (Lipinski definition) is 2. The summed E-state index contributed by atoms with van der Waals surface area (Å²) in [6.07, 6.45) is 1.48. The fourth-order valence-corrected chi connectivity index (χ4v) is 3.02. The molecule has 6 nitrogen and oxygen atoms in total. The normalized spacial score (nSPS) is 13.8. The number of aryl methyl sites for hydroxylation is 1. The molecule has 0 saturated heterocycles. The topological polar surface area (TPSA) is 75.3 Å². The van der Waals surface area contributed by atoms with Crippen molar-refractivity contribution >= 4 is 11.6 Å². The van der Waals surface area contributed by atoms with Crippen LogP contribution in [0.4, 0.5) is 5.82 Å². The van der Waals surface area contributed by atoms with Crippen molar-refractivity contribution in [3.8, 4) is 0 Å². The van der Waals surface area contributed by atoms with Crippen LogP contribution in [0, 0.1) is 6.92 Å². The zero-order valence-corrected chi connectivity index (χ0v) is 16.3. The third-order valence-corrected chi connectivity index (χ3v) is 4.49. The van der Waals surface area contributed by atoms with E-state index in [4.69, 9.17) is 0 Å². The second-order valence-corrected chi connectivity index (χ2v) is 8.36. The van der Waals surface area contributed by atoms with E-state index < -0.39 is 5.60 Å². The lowest BCUT2D eigenvalue weighted by Gasteiger charge is -2.32. The smallest absolute Gasteiger partial charge is 0.254 e. The maximum atomic E-state index is 10.8. The van der Waals surface area contributed by atoms with Gasteiger partial charge in [-0.3, -0.25) is 0 Å². The van der Waals surface area contributed by atoms with E-state index in [1.54, 1.807) is 18.4 Å². The number of nitrogens with one attached hydrogen (secondary N) is 1. The SMILES string of the molecule is Cc1cc(N[C@@H](c2ccc(C(C)(C)C)cc2)C(C)(C)O)n2ncnc2n1. The lowest BCUT2D eigenvalue weighted by molar-refractivity contribution is 0.0587. The lowest BCUT2D eigenvalue weighted by atomic mass is 9.84. The molecule has 0 unspecified atom stereocenters. The van der Waals surface area contributed by atoms with Crippen molar-refractivity contribution in [3.63, 3.8) is 0 Å². The molecule has 6 heteroatoms. The molecular formula is C20H27N5O. The van der Waals surface area contributed by atoms with Crippen LogP contribution in [0.2, 0.25) is 0 Å². The quantitative estimate of drug-likeness (QED) is 0.749. The first-order chi connectivity index (χ1) is 12.1. The maximum absolute atomic E-state index is 10.8. The number of rotatable bonds is 4. The molecule has 0 saturated carbocycles. The molecule has 0 aliphatic heterocycles. The molecule has 0 aliphatic carbocycles. The second kappa shape index (κ2) is 6.36. The van der Waals surface area contributed by atoms with Crippen LogP contribution >= 0.6 is 0 Å². The predicted molar refractivity (Wildman–Crippen MR) is 103 cm³/mol. The molecular weight excluding hydrogens is 326 g/mol. The van der Waals surface area contributed by atoms with Crippen LogP contribution in [-0.4, -0.2) is 30.3 Å². The van der Waals surface area contributed by atoms with Crippen molar-refractivity contribution in [2.75, 3.05) is 5.32 Å². The van der Waals surface area contributed by atoms with Gasteiger partial charge in [0.25, 0.3) is 5.78 Å². The summed E-state index contributed by atoms with van der Waals surface area (Å²) in [5.74, 6) is 1.28. The first-order valence-corrected chi connectivity index (χ1v) is 8.82. The summed E-state index contributed by atoms with van der Waals surface area (Å²) < 4.78 is 1.65. The van der Waals surface area contributed by atoms with E-state index in [0.29, 0.717) is 5.78 Å². The van der Waals surface area contributed by atoms with Gasteiger partial charge in [-0.05, 0) is 37.3 Å². The molecule has 0 aliphatic rings. The highest BCUT2D eigenvalue weighted by atomic mass is 16.3. The minimum atomic E-state index is -0.979. The zero-order chi connectivity index (χ0) is 19.1. The number of nitrogens with zero attached hydrogens (tertiary/aromatic N) is 4. The van der Waals surface area contributed by atoms with E-state index >= 15 is 0 Å². The Balaban J connectivity index is 2.00. The summed E-state index contributed by atoms with van der Waals surface area (Å²) >= 11 is 0. The van der Waals surface area contributed by atoms with Crippen LogP contribution in [-0.2, 0) is 5.41 Å². The van der Waals surface area contributed by atoms with E-state index in [1.807, 2.05) is 13.0 Å². The van der Waals surface area contributed by atoms with Crippen LogP contribution in [0.5, 0.6) is 0 Å². The molecule has 2 aromatic heterocycles. The Morgan fingerprint density at radius 1 is 1.08 bits per heavy atom. The predicted octanol–water partition coefficient (Wildman–Crippen LogP) is 3.65. The van der Waals surface area contributed by atoms with Crippen LogP contribution in [0.25, 0.3) is 5.78 Å². The van der Waals surface area contributed by atoms with Crippen molar-refractivity contribution in [3.05, 3.63) is 53.5 Å². The van der Waals surface area contributed by atoms with Crippen molar-refractivity contribution in [2.24, 2.45) is 0 Å². The molecule has 2 heterocycles. The number of anilines is 1. The highest BCUT2D eigenvalue weighted by molar-refractivity contribution is 5.47. The fourth-order valence-electron chi connectivity index (χ4n) is 3.02. The Bertz CT molecular complexity index is 901. The van der Waals surface area contributed by atoms with Gasteiger partial charge in [0.05, 0.1) is 11.6 Å². The first kappa shape index (κ1) is 18.3. The molecule has 1 aromatic carbocycles. The Morgan fingerprint density at radius 3 is 2.31 bits per heavy atom. The third-order valence-electron chi connectivity index (χ3n) is 4.49. The summed E-state index contributed by atoms with van der Waals surface area (Å²) in [4.78, 5) is 8.52. The first-order valence-electron chi connectivity index (χ1n) is 8.82. The van der Waals surface area contributed by atoms with Gasteiger partial charge in [0.2, 0.25) is 0 Å². The molecule has 3 aromatic rings. The van der Waals surface area contributed by atoms with Crippen molar-refractivity contribution in [1.29, 1.82) is 0 Å². The van der Waals surface area contributed by atoms with Crippen LogP contribution in [0.3, 0.4) is 0 Å². The third kappa shape index (κ3) is 3.70. The van der Waals surface area contributed by atoms with Gasteiger partial charge in [0.15, 0.2) is 0 Å². The Morgan fingerprint density at radius 2 is 1.73 bits per heavy atom. The van der Waals surface area contributed by atoms with E-state index in [-0.39, 0.29) is 11.5 Å².